The minimum Gasteiger partial charge on any atom is -0.296 e. The summed E-state index contributed by atoms with van der Waals surface area (Å²) in [6.07, 6.45) is 3.82. The van der Waals surface area contributed by atoms with Crippen molar-refractivity contribution in [2.45, 2.75) is 26.2 Å². The number of nitrogens with zero attached hydrogens (tertiary/aromatic N) is 1. The molecule has 1 aliphatic heterocycles. The SMILES string of the molecule is CCC1CCCN(CC(=O)c2cccs2)C1. The molecule has 2 rings (SSSR count). The summed E-state index contributed by atoms with van der Waals surface area (Å²) in [7, 11) is 0. The summed E-state index contributed by atoms with van der Waals surface area (Å²) in [6, 6.07) is 3.87. The van der Waals surface area contributed by atoms with Gasteiger partial charge >= 0.3 is 0 Å². The van der Waals surface area contributed by atoms with Crippen molar-refractivity contribution in [3.8, 4) is 0 Å². The van der Waals surface area contributed by atoms with Crippen LogP contribution in [0.2, 0.25) is 0 Å². The average molecular weight is 237 g/mol. The van der Waals surface area contributed by atoms with E-state index in [4.69, 9.17) is 0 Å². The Bertz CT molecular complexity index is 334. The Balaban J connectivity index is 1.87. The Morgan fingerprint density at radius 3 is 3.19 bits per heavy atom. The van der Waals surface area contributed by atoms with Gasteiger partial charge in [-0.1, -0.05) is 19.4 Å². The van der Waals surface area contributed by atoms with E-state index in [0.717, 1.165) is 23.9 Å². The van der Waals surface area contributed by atoms with Crippen molar-refractivity contribution in [1.82, 2.24) is 4.90 Å². The van der Waals surface area contributed by atoms with E-state index in [9.17, 15) is 4.79 Å². The van der Waals surface area contributed by atoms with Gasteiger partial charge in [-0.3, -0.25) is 9.69 Å². The number of hydrogen-bond donors (Lipinski definition) is 0. The molecule has 0 aliphatic carbocycles. The number of rotatable bonds is 4. The van der Waals surface area contributed by atoms with Gasteiger partial charge in [-0.15, -0.1) is 11.3 Å². The standard InChI is InChI=1S/C13H19NOS/c1-2-11-5-3-7-14(9-11)10-12(15)13-6-4-8-16-13/h4,6,8,11H,2-3,5,7,9-10H2,1H3. The van der Waals surface area contributed by atoms with Crippen LogP contribution in [0.3, 0.4) is 0 Å². The van der Waals surface area contributed by atoms with E-state index in [1.54, 1.807) is 11.3 Å². The fourth-order valence-electron chi connectivity index (χ4n) is 2.35. The zero-order valence-electron chi connectivity index (χ0n) is 9.82. The molecule has 1 aromatic heterocycles. The fraction of sp³-hybridized carbons (Fsp3) is 0.615. The van der Waals surface area contributed by atoms with Crippen LogP contribution in [0.5, 0.6) is 0 Å². The third-order valence-electron chi connectivity index (χ3n) is 3.34. The van der Waals surface area contributed by atoms with Crippen molar-refractivity contribution in [2.75, 3.05) is 19.6 Å². The molecule has 1 fully saturated rings. The summed E-state index contributed by atoms with van der Waals surface area (Å²) in [5, 5.41) is 1.97. The lowest BCUT2D eigenvalue weighted by Gasteiger charge is -2.31. The van der Waals surface area contributed by atoms with Gasteiger partial charge in [0.1, 0.15) is 0 Å². The van der Waals surface area contributed by atoms with Crippen LogP contribution < -0.4 is 0 Å². The van der Waals surface area contributed by atoms with Gasteiger partial charge < -0.3 is 0 Å². The molecule has 1 aliphatic rings. The number of carbonyl (C=O) groups is 1. The van der Waals surface area contributed by atoms with Crippen LogP contribution in [0.15, 0.2) is 17.5 Å². The molecule has 88 valence electrons. The van der Waals surface area contributed by atoms with E-state index < -0.39 is 0 Å². The first-order valence-corrected chi connectivity index (χ1v) is 6.96. The topological polar surface area (TPSA) is 20.3 Å². The number of hydrogen-bond acceptors (Lipinski definition) is 3. The number of carbonyl (C=O) groups excluding carboxylic acids is 1. The van der Waals surface area contributed by atoms with Gasteiger partial charge in [0.2, 0.25) is 0 Å². The highest BCUT2D eigenvalue weighted by atomic mass is 32.1. The molecule has 0 radical (unpaired) electrons. The highest BCUT2D eigenvalue weighted by Crippen LogP contribution is 2.19. The molecule has 1 unspecified atom stereocenters. The lowest BCUT2D eigenvalue weighted by atomic mass is 9.95. The second kappa shape index (κ2) is 5.60. The van der Waals surface area contributed by atoms with E-state index in [-0.39, 0.29) is 5.78 Å². The molecule has 1 atom stereocenters. The highest BCUT2D eigenvalue weighted by molar-refractivity contribution is 7.12. The van der Waals surface area contributed by atoms with E-state index in [1.165, 1.54) is 19.3 Å². The van der Waals surface area contributed by atoms with E-state index in [2.05, 4.69) is 11.8 Å². The molecular formula is C13H19NOS. The normalized spacial score (nSPS) is 22.2. The molecule has 1 aromatic rings. The maximum atomic E-state index is 11.9. The van der Waals surface area contributed by atoms with Crippen LogP contribution in [0.4, 0.5) is 0 Å². The molecule has 1 saturated heterocycles. The smallest absolute Gasteiger partial charge is 0.186 e. The Morgan fingerprint density at radius 2 is 2.50 bits per heavy atom. The first-order valence-electron chi connectivity index (χ1n) is 6.08. The zero-order valence-corrected chi connectivity index (χ0v) is 10.6. The Kier molecular flexibility index (Phi) is 4.13. The van der Waals surface area contributed by atoms with Gasteiger partial charge in [-0.05, 0) is 36.8 Å². The minimum absolute atomic E-state index is 0.284. The third-order valence-corrected chi connectivity index (χ3v) is 4.25. The van der Waals surface area contributed by atoms with Gasteiger partial charge in [0.25, 0.3) is 0 Å². The molecule has 3 heteroatoms. The minimum atomic E-state index is 0.284. The summed E-state index contributed by atoms with van der Waals surface area (Å²) >= 11 is 1.55. The summed E-state index contributed by atoms with van der Waals surface area (Å²) in [6.45, 7) is 5.05. The maximum absolute atomic E-state index is 11.9. The lowest BCUT2D eigenvalue weighted by molar-refractivity contribution is 0.0888. The average Bonchev–Trinajstić information content (AvgIpc) is 2.83. The molecule has 2 heterocycles. The lowest BCUT2D eigenvalue weighted by Crippen LogP contribution is -2.38. The Morgan fingerprint density at radius 1 is 1.62 bits per heavy atom. The van der Waals surface area contributed by atoms with E-state index in [1.807, 2.05) is 17.5 Å². The molecule has 0 spiro atoms. The van der Waals surface area contributed by atoms with Crippen molar-refractivity contribution in [1.29, 1.82) is 0 Å². The van der Waals surface area contributed by atoms with Gasteiger partial charge in [0, 0.05) is 6.54 Å². The Hall–Kier alpha value is -0.670. The summed E-state index contributed by atoms with van der Waals surface area (Å²) in [4.78, 5) is 15.2. The van der Waals surface area contributed by atoms with Crippen LogP contribution in [-0.2, 0) is 0 Å². The van der Waals surface area contributed by atoms with Crippen LogP contribution in [-0.4, -0.2) is 30.3 Å². The van der Waals surface area contributed by atoms with E-state index >= 15 is 0 Å². The van der Waals surface area contributed by atoms with Crippen molar-refractivity contribution in [2.24, 2.45) is 5.92 Å². The van der Waals surface area contributed by atoms with Gasteiger partial charge in [0.15, 0.2) is 5.78 Å². The van der Waals surface area contributed by atoms with Crippen molar-refractivity contribution >= 4 is 17.1 Å². The molecule has 0 saturated carbocycles. The third kappa shape index (κ3) is 2.92. The first kappa shape index (κ1) is 11.8. The fourth-order valence-corrected chi connectivity index (χ4v) is 3.00. The monoisotopic (exact) mass is 237 g/mol. The molecule has 0 N–H and O–H groups in total. The number of piperidine rings is 1. The first-order chi connectivity index (χ1) is 7.79. The largest absolute Gasteiger partial charge is 0.296 e. The van der Waals surface area contributed by atoms with Crippen molar-refractivity contribution in [3.63, 3.8) is 0 Å². The second-order valence-corrected chi connectivity index (χ2v) is 5.50. The predicted molar refractivity (Wildman–Crippen MR) is 68.1 cm³/mol. The summed E-state index contributed by atoms with van der Waals surface area (Å²) in [5.41, 5.74) is 0. The van der Waals surface area contributed by atoms with E-state index in [0.29, 0.717) is 6.54 Å². The van der Waals surface area contributed by atoms with Crippen LogP contribution in [0.1, 0.15) is 35.9 Å². The van der Waals surface area contributed by atoms with Crippen LogP contribution in [0.25, 0.3) is 0 Å². The second-order valence-electron chi connectivity index (χ2n) is 4.55. The molecule has 0 bridgehead atoms. The van der Waals surface area contributed by atoms with Gasteiger partial charge in [-0.25, -0.2) is 0 Å². The predicted octanol–water partition coefficient (Wildman–Crippen LogP) is 3.05. The van der Waals surface area contributed by atoms with Crippen LogP contribution in [0, 0.1) is 5.92 Å². The molecule has 0 aromatic carbocycles. The number of thiophene rings is 1. The van der Waals surface area contributed by atoms with Crippen LogP contribution >= 0.6 is 11.3 Å². The van der Waals surface area contributed by atoms with Gasteiger partial charge in [-0.2, -0.15) is 0 Å². The molecule has 2 nitrogen and oxygen atoms in total. The van der Waals surface area contributed by atoms with Gasteiger partial charge in [0.05, 0.1) is 11.4 Å². The number of likely N-dealkylation sites (tertiary alicyclic amines) is 1. The maximum Gasteiger partial charge on any atom is 0.186 e. The quantitative estimate of drug-likeness (QED) is 0.750. The Labute approximate surface area is 101 Å². The molecule has 16 heavy (non-hydrogen) atoms. The number of Topliss-reactive ketones (excluding diaryl/α,β-unsaturated/α-hetero) is 1. The summed E-state index contributed by atoms with van der Waals surface area (Å²) in [5.74, 6) is 1.08. The molecular weight excluding hydrogens is 218 g/mol. The number of ketones is 1. The van der Waals surface area contributed by atoms with Crippen molar-refractivity contribution < 1.29 is 4.79 Å². The highest BCUT2D eigenvalue weighted by Gasteiger charge is 2.20. The summed E-state index contributed by atoms with van der Waals surface area (Å²) < 4.78 is 0. The molecule has 0 amide bonds. The zero-order chi connectivity index (χ0) is 11.4. The van der Waals surface area contributed by atoms with Crippen molar-refractivity contribution in [3.05, 3.63) is 22.4 Å².